The summed E-state index contributed by atoms with van der Waals surface area (Å²) in [5, 5.41) is 4.22. The predicted octanol–water partition coefficient (Wildman–Crippen LogP) is 2.08. The number of ether oxygens (including phenoxy) is 2. The summed E-state index contributed by atoms with van der Waals surface area (Å²) < 4.78 is 11.3. The van der Waals surface area contributed by atoms with E-state index in [0.717, 1.165) is 66.8 Å². The second kappa shape index (κ2) is 5.80. The van der Waals surface area contributed by atoms with Crippen molar-refractivity contribution in [2.24, 2.45) is 0 Å². The van der Waals surface area contributed by atoms with Crippen molar-refractivity contribution in [3.05, 3.63) is 22.2 Å². The van der Waals surface area contributed by atoms with Gasteiger partial charge in [-0.2, -0.15) is 0 Å². The molecule has 0 aliphatic carbocycles. The molecular formula is C15H21ClN2O2. The summed E-state index contributed by atoms with van der Waals surface area (Å²) in [6.07, 6.45) is 1.03. The minimum atomic E-state index is 0.172. The van der Waals surface area contributed by atoms with Gasteiger partial charge < -0.3 is 14.8 Å². The first-order valence-corrected chi connectivity index (χ1v) is 7.54. The van der Waals surface area contributed by atoms with Crippen molar-refractivity contribution in [3.63, 3.8) is 0 Å². The molecule has 1 unspecified atom stereocenters. The smallest absolute Gasteiger partial charge is 0.166 e. The zero-order valence-corrected chi connectivity index (χ0v) is 12.8. The van der Waals surface area contributed by atoms with Crippen molar-refractivity contribution in [3.8, 4) is 11.5 Å². The molecule has 20 heavy (non-hydrogen) atoms. The maximum absolute atomic E-state index is 6.59. The normalized spacial score (nSPS) is 22.4. The number of hydrogen-bond acceptors (Lipinski definition) is 4. The maximum atomic E-state index is 6.59. The van der Waals surface area contributed by atoms with Crippen LogP contribution in [0, 0.1) is 0 Å². The minimum absolute atomic E-state index is 0.172. The highest BCUT2D eigenvalue weighted by molar-refractivity contribution is 6.32. The monoisotopic (exact) mass is 296 g/mol. The fraction of sp³-hybridized carbons (Fsp3) is 0.600. The Balaban J connectivity index is 1.89. The van der Waals surface area contributed by atoms with Gasteiger partial charge in [-0.3, -0.25) is 4.90 Å². The fourth-order valence-corrected chi connectivity index (χ4v) is 3.23. The van der Waals surface area contributed by atoms with Crippen LogP contribution in [0.25, 0.3) is 0 Å². The summed E-state index contributed by atoms with van der Waals surface area (Å²) in [6, 6.07) is 2.03. The molecule has 0 aromatic heterocycles. The van der Waals surface area contributed by atoms with E-state index >= 15 is 0 Å². The highest BCUT2D eigenvalue weighted by Crippen LogP contribution is 2.44. The van der Waals surface area contributed by atoms with E-state index in [4.69, 9.17) is 21.1 Å². The molecule has 0 saturated carbocycles. The quantitative estimate of drug-likeness (QED) is 0.926. The number of halogens is 1. The van der Waals surface area contributed by atoms with Crippen LogP contribution in [0.5, 0.6) is 11.5 Å². The molecular weight excluding hydrogens is 276 g/mol. The third-order valence-electron chi connectivity index (χ3n) is 3.98. The lowest BCUT2D eigenvalue weighted by molar-refractivity contribution is 0.232. The average molecular weight is 297 g/mol. The Kier molecular flexibility index (Phi) is 4.06. The van der Waals surface area contributed by atoms with E-state index in [1.165, 1.54) is 0 Å². The molecule has 5 heteroatoms. The number of benzene rings is 1. The van der Waals surface area contributed by atoms with Gasteiger partial charge in [-0.05, 0) is 18.6 Å². The maximum Gasteiger partial charge on any atom is 0.166 e. The van der Waals surface area contributed by atoms with E-state index in [1.807, 2.05) is 6.07 Å². The molecule has 2 aliphatic heterocycles. The van der Waals surface area contributed by atoms with Crippen LogP contribution in [-0.4, -0.2) is 44.3 Å². The molecule has 0 bridgehead atoms. The van der Waals surface area contributed by atoms with Crippen molar-refractivity contribution in [1.82, 2.24) is 10.2 Å². The lowest BCUT2D eigenvalue weighted by Gasteiger charge is -2.28. The van der Waals surface area contributed by atoms with Gasteiger partial charge in [0.1, 0.15) is 6.10 Å². The number of nitrogens with zero attached hydrogens (tertiary/aromatic N) is 1. The Hall–Kier alpha value is -0.970. The molecule has 1 saturated heterocycles. The molecule has 0 spiro atoms. The standard InChI is InChI=1S/C15H21ClN2O2/c1-10-7-12-14(16)11(8-13(19-2)15(12)20-10)9-18-5-3-17-4-6-18/h8,10,17H,3-7,9H2,1-2H3. The predicted molar refractivity (Wildman–Crippen MR) is 79.9 cm³/mol. The largest absolute Gasteiger partial charge is 0.493 e. The highest BCUT2D eigenvalue weighted by Gasteiger charge is 2.28. The third kappa shape index (κ3) is 2.60. The van der Waals surface area contributed by atoms with Crippen LogP contribution in [0.1, 0.15) is 18.1 Å². The summed E-state index contributed by atoms with van der Waals surface area (Å²) in [6.45, 7) is 7.13. The van der Waals surface area contributed by atoms with Gasteiger partial charge in [0, 0.05) is 44.7 Å². The number of piperazine rings is 1. The van der Waals surface area contributed by atoms with Crippen LogP contribution >= 0.6 is 11.6 Å². The van der Waals surface area contributed by atoms with Crippen molar-refractivity contribution in [1.29, 1.82) is 0 Å². The Morgan fingerprint density at radius 3 is 2.90 bits per heavy atom. The second-order valence-corrected chi connectivity index (χ2v) is 5.90. The van der Waals surface area contributed by atoms with E-state index in [-0.39, 0.29) is 6.10 Å². The molecule has 3 rings (SSSR count). The zero-order chi connectivity index (χ0) is 14.1. The van der Waals surface area contributed by atoms with E-state index < -0.39 is 0 Å². The number of methoxy groups -OCH3 is 1. The van der Waals surface area contributed by atoms with E-state index in [9.17, 15) is 0 Å². The van der Waals surface area contributed by atoms with Gasteiger partial charge >= 0.3 is 0 Å². The Bertz CT molecular complexity index is 501. The molecule has 1 N–H and O–H groups in total. The van der Waals surface area contributed by atoms with E-state index in [2.05, 4.69) is 17.1 Å². The van der Waals surface area contributed by atoms with Gasteiger partial charge in [0.15, 0.2) is 11.5 Å². The first kappa shape index (κ1) is 14.0. The highest BCUT2D eigenvalue weighted by atomic mass is 35.5. The van der Waals surface area contributed by atoms with Crippen LogP contribution in [-0.2, 0) is 13.0 Å². The number of rotatable bonds is 3. The summed E-state index contributed by atoms with van der Waals surface area (Å²) in [4.78, 5) is 2.42. The Morgan fingerprint density at radius 2 is 2.20 bits per heavy atom. The molecule has 4 nitrogen and oxygen atoms in total. The molecule has 1 aromatic carbocycles. The zero-order valence-electron chi connectivity index (χ0n) is 12.0. The van der Waals surface area contributed by atoms with Gasteiger partial charge in [-0.25, -0.2) is 0 Å². The number of nitrogens with one attached hydrogen (secondary N) is 1. The van der Waals surface area contributed by atoms with E-state index in [0.29, 0.717) is 0 Å². The molecule has 110 valence electrons. The van der Waals surface area contributed by atoms with E-state index in [1.54, 1.807) is 7.11 Å². The molecule has 2 heterocycles. The minimum Gasteiger partial charge on any atom is -0.493 e. The van der Waals surface area contributed by atoms with Gasteiger partial charge in [0.25, 0.3) is 0 Å². The molecule has 2 aliphatic rings. The van der Waals surface area contributed by atoms with Crippen LogP contribution in [0.2, 0.25) is 5.02 Å². The van der Waals surface area contributed by atoms with Crippen molar-refractivity contribution in [2.75, 3.05) is 33.3 Å². The Labute approximate surface area is 125 Å². The van der Waals surface area contributed by atoms with Gasteiger partial charge in [-0.1, -0.05) is 11.6 Å². The molecule has 1 atom stereocenters. The van der Waals surface area contributed by atoms with Crippen LogP contribution in [0.3, 0.4) is 0 Å². The third-order valence-corrected chi connectivity index (χ3v) is 4.46. The summed E-state index contributed by atoms with van der Waals surface area (Å²) in [5.41, 5.74) is 2.24. The second-order valence-electron chi connectivity index (χ2n) is 5.52. The number of hydrogen-bond donors (Lipinski definition) is 1. The molecule has 0 radical (unpaired) electrons. The van der Waals surface area contributed by atoms with Crippen LogP contribution < -0.4 is 14.8 Å². The first-order valence-electron chi connectivity index (χ1n) is 7.17. The van der Waals surface area contributed by atoms with Crippen molar-refractivity contribution >= 4 is 11.6 Å². The molecule has 1 fully saturated rings. The lowest BCUT2D eigenvalue weighted by Crippen LogP contribution is -2.42. The fourth-order valence-electron chi connectivity index (χ4n) is 2.95. The van der Waals surface area contributed by atoms with Crippen molar-refractivity contribution in [2.45, 2.75) is 26.0 Å². The SMILES string of the molecule is COc1cc(CN2CCNCC2)c(Cl)c2c1OC(C)C2. The Morgan fingerprint density at radius 1 is 1.45 bits per heavy atom. The lowest BCUT2D eigenvalue weighted by atomic mass is 10.0. The molecule has 1 aromatic rings. The number of fused-ring (bicyclic) bond motifs is 1. The van der Waals surface area contributed by atoms with Gasteiger partial charge in [-0.15, -0.1) is 0 Å². The summed E-state index contributed by atoms with van der Waals surface area (Å²) in [7, 11) is 1.68. The molecule has 0 amide bonds. The topological polar surface area (TPSA) is 33.7 Å². The first-order chi connectivity index (χ1) is 9.69. The average Bonchev–Trinajstić information content (AvgIpc) is 2.85. The summed E-state index contributed by atoms with van der Waals surface area (Å²) in [5.74, 6) is 1.63. The van der Waals surface area contributed by atoms with Crippen LogP contribution in [0.4, 0.5) is 0 Å². The van der Waals surface area contributed by atoms with Crippen molar-refractivity contribution < 1.29 is 9.47 Å². The van der Waals surface area contributed by atoms with Crippen LogP contribution in [0.15, 0.2) is 6.07 Å². The van der Waals surface area contributed by atoms with Gasteiger partial charge in [0.05, 0.1) is 12.1 Å². The van der Waals surface area contributed by atoms with Gasteiger partial charge in [0.2, 0.25) is 0 Å². The summed E-state index contributed by atoms with van der Waals surface area (Å²) >= 11 is 6.59.